The van der Waals surface area contributed by atoms with Gasteiger partial charge in [0.2, 0.25) is 11.6 Å². The van der Waals surface area contributed by atoms with Crippen LogP contribution in [0.25, 0.3) is 11.1 Å². The molecule has 0 unspecified atom stereocenters. The van der Waals surface area contributed by atoms with Crippen LogP contribution in [0.4, 0.5) is 17.6 Å². The van der Waals surface area contributed by atoms with Gasteiger partial charge in [-0.1, -0.05) is 19.4 Å². The Kier molecular flexibility index (Phi) is 6.44. The highest BCUT2D eigenvalue weighted by Crippen LogP contribution is 2.34. The molecule has 0 saturated heterocycles. The van der Waals surface area contributed by atoms with Crippen molar-refractivity contribution in [2.45, 2.75) is 26.7 Å². The molecule has 0 aromatic heterocycles. The first-order valence-electron chi connectivity index (χ1n) is 7.88. The van der Waals surface area contributed by atoms with E-state index < -0.39 is 34.4 Å². The molecule has 0 N–H and O–H groups in total. The SMILES string of the molecule is CC=COc1ccc(-c2ccc(OCCCC)c(F)c2F)c(F)c1F. The summed E-state index contributed by atoms with van der Waals surface area (Å²) >= 11 is 0. The maximum atomic E-state index is 14.3. The number of ether oxygens (including phenoxy) is 2. The zero-order chi connectivity index (χ0) is 18.4. The Bertz CT molecular complexity index is 773. The number of unbranched alkanes of at least 4 members (excludes halogenated alkanes) is 1. The van der Waals surface area contributed by atoms with Gasteiger partial charge in [0, 0.05) is 11.1 Å². The number of hydrogen-bond acceptors (Lipinski definition) is 2. The number of benzene rings is 2. The molecule has 0 radical (unpaired) electrons. The molecule has 134 valence electrons. The third kappa shape index (κ3) is 4.13. The fourth-order valence-electron chi connectivity index (χ4n) is 2.15. The second-order valence-electron chi connectivity index (χ2n) is 5.27. The van der Waals surface area contributed by atoms with Crippen LogP contribution in [-0.4, -0.2) is 6.61 Å². The Morgan fingerprint density at radius 2 is 1.40 bits per heavy atom. The van der Waals surface area contributed by atoms with Crippen LogP contribution in [-0.2, 0) is 0 Å². The fraction of sp³-hybridized carbons (Fsp3) is 0.263. The van der Waals surface area contributed by atoms with E-state index in [9.17, 15) is 17.6 Å². The van der Waals surface area contributed by atoms with E-state index in [4.69, 9.17) is 9.47 Å². The van der Waals surface area contributed by atoms with Crippen LogP contribution in [0, 0.1) is 23.3 Å². The Hall–Kier alpha value is -2.50. The predicted octanol–water partition coefficient (Wildman–Crippen LogP) is 6.00. The van der Waals surface area contributed by atoms with Gasteiger partial charge < -0.3 is 9.47 Å². The van der Waals surface area contributed by atoms with Gasteiger partial charge in [-0.15, -0.1) is 0 Å². The second-order valence-corrected chi connectivity index (χ2v) is 5.27. The minimum absolute atomic E-state index is 0.242. The van der Waals surface area contributed by atoms with Crippen LogP contribution < -0.4 is 9.47 Å². The normalized spacial score (nSPS) is 11.1. The highest BCUT2D eigenvalue weighted by molar-refractivity contribution is 5.67. The summed E-state index contributed by atoms with van der Waals surface area (Å²) in [5, 5.41) is 0. The van der Waals surface area contributed by atoms with Gasteiger partial charge >= 0.3 is 0 Å². The Balaban J connectivity index is 2.38. The van der Waals surface area contributed by atoms with E-state index in [0.29, 0.717) is 6.42 Å². The van der Waals surface area contributed by atoms with Crippen molar-refractivity contribution >= 4 is 0 Å². The van der Waals surface area contributed by atoms with Gasteiger partial charge in [0.15, 0.2) is 23.1 Å². The number of halogens is 4. The van der Waals surface area contributed by atoms with Crippen molar-refractivity contribution in [1.29, 1.82) is 0 Å². The van der Waals surface area contributed by atoms with Gasteiger partial charge in [0.25, 0.3) is 0 Å². The van der Waals surface area contributed by atoms with E-state index in [1.54, 1.807) is 6.92 Å². The van der Waals surface area contributed by atoms with E-state index in [2.05, 4.69) is 0 Å². The summed E-state index contributed by atoms with van der Waals surface area (Å²) in [6.07, 6.45) is 4.21. The lowest BCUT2D eigenvalue weighted by molar-refractivity contribution is 0.289. The first kappa shape index (κ1) is 18.8. The monoisotopic (exact) mass is 354 g/mol. The van der Waals surface area contributed by atoms with E-state index in [1.165, 1.54) is 18.4 Å². The van der Waals surface area contributed by atoms with Gasteiger partial charge in [-0.25, -0.2) is 8.78 Å². The molecule has 0 aliphatic rings. The van der Waals surface area contributed by atoms with Crippen molar-refractivity contribution in [2.24, 2.45) is 0 Å². The van der Waals surface area contributed by atoms with Gasteiger partial charge in [0.05, 0.1) is 12.9 Å². The van der Waals surface area contributed by atoms with Crippen molar-refractivity contribution in [3.05, 3.63) is 59.9 Å². The summed E-state index contributed by atoms with van der Waals surface area (Å²) in [5.74, 6) is -5.74. The van der Waals surface area contributed by atoms with Crippen molar-refractivity contribution in [3.63, 3.8) is 0 Å². The second kappa shape index (κ2) is 8.55. The summed E-state index contributed by atoms with van der Waals surface area (Å²) in [7, 11) is 0. The Morgan fingerprint density at radius 3 is 1.96 bits per heavy atom. The first-order valence-corrected chi connectivity index (χ1v) is 7.88. The number of hydrogen-bond donors (Lipinski definition) is 0. The maximum Gasteiger partial charge on any atom is 0.201 e. The molecule has 0 aliphatic heterocycles. The van der Waals surface area contributed by atoms with Gasteiger partial charge in [-0.05, 0) is 37.6 Å². The molecule has 0 spiro atoms. The van der Waals surface area contributed by atoms with Gasteiger partial charge in [-0.3, -0.25) is 0 Å². The summed E-state index contributed by atoms with van der Waals surface area (Å²) in [6, 6.07) is 4.64. The fourth-order valence-corrected chi connectivity index (χ4v) is 2.15. The largest absolute Gasteiger partial charge is 0.490 e. The van der Waals surface area contributed by atoms with Crippen molar-refractivity contribution in [1.82, 2.24) is 0 Å². The molecule has 0 heterocycles. The standard InChI is InChI=1S/C19H18F4O2/c1-3-5-11-25-15-9-7-13(17(21)19(15)23)12-6-8-14(24-10-4-2)18(22)16(12)20/h4,6-10H,3,5,11H2,1-2H3. The lowest BCUT2D eigenvalue weighted by Gasteiger charge is -2.12. The van der Waals surface area contributed by atoms with Crippen LogP contribution in [0.2, 0.25) is 0 Å². The minimum atomic E-state index is -1.32. The molecular formula is C19H18F4O2. The highest BCUT2D eigenvalue weighted by atomic mass is 19.2. The lowest BCUT2D eigenvalue weighted by Crippen LogP contribution is -2.02. The van der Waals surface area contributed by atoms with E-state index in [1.807, 2.05) is 6.92 Å². The maximum absolute atomic E-state index is 14.3. The van der Waals surface area contributed by atoms with Crippen LogP contribution in [0.3, 0.4) is 0 Å². The summed E-state index contributed by atoms with van der Waals surface area (Å²) in [4.78, 5) is 0. The number of rotatable bonds is 7. The third-order valence-electron chi connectivity index (χ3n) is 3.47. The third-order valence-corrected chi connectivity index (χ3v) is 3.47. The lowest BCUT2D eigenvalue weighted by atomic mass is 10.0. The van der Waals surface area contributed by atoms with Crippen molar-refractivity contribution < 1.29 is 27.0 Å². The summed E-state index contributed by atoms with van der Waals surface area (Å²) in [6.45, 7) is 3.82. The zero-order valence-corrected chi connectivity index (χ0v) is 13.9. The highest BCUT2D eigenvalue weighted by Gasteiger charge is 2.21. The predicted molar refractivity (Wildman–Crippen MR) is 87.6 cm³/mol. The molecule has 2 nitrogen and oxygen atoms in total. The Morgan fingerprint density at radius 1 is 0.840 bits per heavy atom. The molecule has 0 amide bonds. The molecule has 0 fully saturated rings. The van der Waals surface area contributed by atoms with E-state index in [-0.39, 0.29) is 18.1 Å². The van der Waals surface area contributed by atoms with Crippen LogP contribution >= 0.6 is 0 Å². The molecule has 25 heavy (non-hydrogen) atoms. The minimum Gasteiger partial charge on any atom is -0.490 e. The molecule has 2 aromatic carbocycles. The Labute approximate surface area is 143 Å². The van der Waals surface area contributed by atoms with Crippen molar-refractivity contribution in [3.8, 4) is 22.6 Å². The molecule has 6 heteroatoms. The summed E-state index contributed by atoms with van der Waals surface area (Å²) in [5.41, 5.74) is -0.795. The molecule has 0 saturated carbocycles. The average Bonchev–Trinajstić information content (AvgIpc) is 2.61. The van der Waals surface area contributed by atoms with E-state index >= 15 is 0 Å². The van der Waals surface area contributed by atoms with Crippen LogP contribution in [0.5, 0.6) is 11.5 Å². The molecular weight excluding hydrogens is 336 g/mol. The average molecular weight is 354 g/mol. The molecule has 2 aromatic rings. The topological polar surface area (TPSA) is 18.5 Å². The van der Waals surface area contributed by atoms with Gasteiger partial charge in [0.1, 0.15) is 0 Å². The number of allylic oxidation sites excluding steroid dienone is 1. The van der Waals surface area contributed by atoms with Crippen LogP contribution in [0.15, 0.2) is 36.6 Å². The zero-order valence-electron chi connectivity index (χ0n) is 13.9. The van der Waals surface area contributed by atoms with Crippen LogP contribution in [0.1, 0.15) is 26.7 Å². The van der Waals surface area contributed by atoms with Gasteiger partial charge in [-0.2, -0.15) is 8.78 Å². The molecule has 0 aliphatic carbocycles. The summed E-state index contributed by atoms with van der Waals surface area (Å²) < 4.78 is 66.7. The molecule has 2 rings (SSSR count). The molecule has 0 bridgehead atoms. The smallest absolute Gasteiger partial charge is 0.201 e. The van der Waals surface area contributed by atoms with Crippen molar-refractivity contribution in [2.75, 3.05) is 6.61 Å². The van der Waals surface area contributed by atoms with E-state index in [0.717, 1.165) is 24.6 Å². The first-order chi connectivity index (χ1) is 12.0. The quantitative estimate of drug-likeness (QED) is 0.345. The molecule has 0 atom stereocenters.